The zero-order valence-corrected chi connectivity index (χ0v) is 8.19. The highest BCUT2D eigenvalue weighted by Gasteiger charge is 2.20. The van der Waals surface area contributed by atoms with Crippen molar-refractivity contribution in [1.82, 2.24) is 4.98 Å². The Morgan fingerprint density at radius 3 is 2.67 bits per heavy atom. The van der Waals surface area contributed by atoms with Crippen LogP contribution < -0.4 is 0 Å². The topological polar surface area (TPSA) is 39.2 Å². The van der Waals surface area contributed by atoms with Crippen molar-refractivity contribution in [2.75, 3.05) is 7.11 Å². The highest BCUT2D eigenvalue weighted by molar-refractivity contribution is 6.33. The molecule has 7 heteroatoms. The normalized spacial score (nSPS) is 10.5. The summed E-state index contributed by atoms with van der Waals surface area (Å²) in [5, 5.41) is -0.633. The first-order valence-corrected chi connectivity index (χ1v) is 4.07. The zero-order valence-electron chi connectivity index (χ0n) is 7.43. The summed E-state index contributed by atoms with van der Waals surface area (Å²) in [4.78, 5) is 13.9. The number of methoxy groups -OCH3 is 1. The lowest BCUT2D eigenvalue weighted by atomic mass is 10.2. The van der Waals surface area contributed by atoms with Crippen LogP contribution in [0.2, 0.25) is 5.02 Å². The van der Waals surface area contributed by atoms with Crippen LogP contribution in [0.5, 0.6) is 0 Å². The molecule has 1 aromatic rings. The van der Waals surface area contributed by atoms with E-state index in [1.54, 1.807) is 0 Å². The molecule has 0 aliphatic rings. The first-order valence-electron chi connectivity index (χ1n) is 3.69. The molecule has 0 radical (unpaired) electrons. The van der Waals surface area contributed by atoms with Gasteiger partial charge in [0.15, 0.2) is 0 Å². The molecule has 1 rings (SSSR count). The molecule has 0 aromatic carbocycles. The highest BCUT2D eigenvalue weighted by Crippen LogP contribution is 2.25. The number of ether oxygens (including phenoxy) is 1. The van der Waals surface area contributed by atoms with Crippen LogP contribution in [-0.4, -0.2) is 18.1 Å². The van der Waals surface area contributed by atoms with E-state index in [-0.39, 0.29) is 0 Å². The number of esters is 1. The minimum Gasteiger partial charge on any atom is -0.465 e. The number of hydrogen-bond acceptors (Lipinski definition) is 3. The number of carbonyl (C=O) groups excluding carboxylic acids is 1. The Kier molecular flexibility index (Phi) is 3.52. The molecule has 1 aromatic heterocycles. The number of hydrogen-bond donors (Lipinski definition) is 0. The number of alkyl halides is 2. The summed E-state index contributed by atoms with van der Waals surface area (Å²) in [6.45, 7) is 0. The molecular formula is C8H5ClF3NO2. The predicted octanol–water partition coefficient (Wildman–Crippen LogP) is 2.60. The van der Waals surface area contributed by atoms with Gasteiger partial charge in [0.05, 0.1) is 12.7 Å². The molecular weight excluding hydrogens is 235 g/mol. The number of pyridine rings is 1. The van der Waals surface area contributed by atoms with E-state index in [9.17, 15) is 18.0 Å². The molecule has 0 saturated heterocycles. The standard InChI is InChI=1S/C8H5ClF3NO2/c1-15-8(14)3-2-4(6(10)11)13-7(12)5(3)9/h2,6H,1H3. The van der Waals surface area contributed by atoms with Gasteiger partial charge in [0, 0.05) is 0 Å². The zero-order chi connectivity index (χ0) is 11.6. The highest BCUT2D eigenvalue weighted by atomic mass is 35.5. The number of halogens is 4. The third-order valence-corrected chi connectivity index (χ3v) is 1.93. The Morgan fingerprint density at radius 2 is 2.20 bits per heavy atom. The van der Waals surface area contributed by atoms with Gasteiger partial charge in [-0.25, -0.2) is 18.6 Å². The minimum absolute atomic E-state index is 0.470. The van der Waals surface area contributed by atoms with Gasteiger partial charge in [0.1, 0.15) is 10.7 Å². The molecule has 3 nitrogen and oxygen atoms in total. The quantitative estimate of drug-likeness (QED) is 0.588. The van der Waals surface area contributed by atoms with Gasteiger partial charge in [0.2, 0.25) is 5.95 Å². The largest absolute Gasteiger partial charge is 0.465 e. The second-order valence-electron chi connectivity index (χ2n) is 2.49. The molecule has 0 aliphatic heterocycles. The molecule has 15 heavy (non-hydrogen) atoms. The molecule has 82 valence electrons. The second kappa shape index (κ2) is 4.48. The van der Waals surface area contributed by atoms with Gasteiger partial charge in [-0.05, 0) is 6.07 Å². The maximum absolute atomic E-state index is 12.9. The van der Waals surface area contributed by atoms with E-state index in [1.807, 2.05) is 0 Å². The molecule has 0 saturated carbocycles. The van der Waals surface area contributed by atoms with E-state index >= 15 is 0 Å². The Morgan fingerprint density at radius 1 is 1.60 bits per heavy atom. The van der Waals surface area contributed by atoms with Crippen LogP contribution in [0.3, 0.4) is 0 Å². The molecule has 0 aliphatic carbocycles. The maximum atomic E-state index is 12.9. The summed E-state index contributed by atoms with van der Waals surface area (Å²) in [5.74, 6) is -2.32. The third-order valence-electron chi connectivity index (χ3n) is 1.57. The fourth-order valence-electron chi connectivity index (χ4n) is 0.887. The van der Waals surface area contributed by atoms with Crippen molar-refractivity contribution in [2.45, 2.75) is 6.43 Å². The number of aromatic nitrogens is 1. The SMILES string of the molecule is COC(=O)c1cc(C(F)F)nc(F)c1Cl. The van der Waals surface area contributed by atoms with Gasteiger partial charge >= 0.3 is 5.97 Å². The average molecular weight is 240 g/mol. The molecule has 0 bridgehead atoms. The molecule has 0 fully saturated rings. The molecule has 0 atom stereocenters. The molecule has 0 amide bonds. The van der Waals surface area contributed by atoms with Crippen molar-refractivity contribution in [3.05, 3.63) is 28.3 Å². The van der Waals surface area contributed by atoms with Crippen molar-refractivity contribution in [1.29, 1.82) is 0 Å². The Bertz CT molecular complexity index is 398. The van der Waals surface area contributed by atoms with Crippen LogP contribution in [0.4, 0.5) is 13.2 Å². The van der Waals surface area contributed by atoms with Crippen molar-refractivity contribution < 1.29 is 22.7 Å². The van der Waals surface area contributed by atoms with Crippen molar-refractivity contribution >= 4 is 17.6 Å². The number of rotatable bonds is 2. The van der Waals surface area contributed by atoms with Gasteiger partial charge in [-0.15, -0.1) is 0 Å². The molecule has 0 unspecified atom stereocenters. The van der Waals surface area contributed by atoms with Crippen LogP contribution in [0.1, 0.15) is 22.5 Å². The average Bonchev–Trinajstić information content (AvgIpc) is 2.20. The summed E-state index contributed by atoms with van der Waals surface area (Å²) < 4.78 is 41.6. The van der Waals surface area contributed by atoms with Crippen LogP contribution in [0.25, 0.3) is 0 Å². The van der Waals surface area contributed by atoms with Crippen LogP contribution in [0, 0.1) is 5.95 Å². The fourth-order valence-corrected chi connectivity index (χ4v) is 1.06. The summed E-state index contributed by atoms with van der Waals surface area (Å²) in [7, 11) is 1.03. The lowest BCUT2D eigenvalue weighted by molar-refractivity contribution is 0.0599. The van der Waals surface area contributed by atoms with E-state index < -0.39 is 34.6 Å². The van der Waals surface area contributed by atoms with Crippen LogP contribution in [0.15, 0.2) is 6.07 Å². The Balaban J connectivity index is 3.31. The van der Waals surface area contributed by atoms with Gasteiger partial charge in [-0.1, -0.05) is 11.6 Å². The van der Waals surface area contributed by atoms with Crippen LogP contribution >= 0.6 is 11.6 Å². The minimum atomic E-state index is -2.99. The van der Waals surface area contributed by atoms with Crippen molar-refractivity contribution in [2.24, 2.45) is 0 Å². The Labute approximate surface area is 87.8 Å². The summed E-state index contributed by atoms with van der Waals surface area (Å²) in [6.07, 6.45) is -2.99. The van der Waals surface area contributed by atoms with Crippen molar-refractivity contribution in [3.8, 4) is 0 Å². The van der Waals surface area contributed by atoms with E-state index in [4.69, 9.17) is 11.6 Å². The Hall–Kier alpha value is -1.30. The monoisotopic (exact) mass is 239 g/mol. The smallest absolute Gasteiger partial charge is 0.339 e. The van der Waals surface area contributed by atoms with E-state index in [0.29, 0.717) is 6.07 Å². The maximum Gasteiger partial charge on any atom is 0.339 e. The number of carbonyl (C=O) groups is 1. The predicted molar refractivity (Wildman–Crippen MR) is 45.5 cm³/mol. The van der Waals surface area contributed by atoms with Gasteiger partial charge in [0.25, 0.3) is 6.43 Å². The second-order valence-corrected chi connectivity index (χ2v) is 2.87. The first-order chi connectivity index (χ1) is 6.97. The third kappa shape index (κ3) is 2.38. The van der Waals surface area contributed by atoms with E-state index in [2.05, 4.69) is 9.72 Å². The number of nitrogens with zero attached hydrogens (tertiary/aromatic N) is 1. The van der Waals surface area contributed by atoms with Gasteiger partial charge in [-0.2, -0.15) is 4.39 Å². The summed E-state index contributed by atoms with van der Waals surface area (Å²) in [5.41, 5.74) is -1.33. The van der Waals surface area contributed by atoms with E-state index in [0.717, 1.165) is 7.11 Å². The molecule has 1 heterocycles. The summed E-state index contributed by atoms with van der Waals surface area (Å²) >= 11 is 5.36. The van der Waals surface area contributed by atoms with Gasteiger partial charge in [-0.3, -0.25) is 0 Å². The van der Waals surface area contributed by atoms with E-state index in [1.165, 1.54) is 0 Å². The lowest BCUT2D eigenvalue weighted by Gasteiger charge is -2.05. The van der Waals surface area contributed by atoms with Crippen molar-refractivity contribution in [3.63, 3.8) is 0 Å². The fraction of sp³-hybridized carbons (Fsp3) is 0.250. The summed E-state index contributed by atoms with van der Waals surface area (Å²) in [6, 6.07) is 0.696. The van der Waals surface area contributed by atoms with Crippen LogP contribution in [-0.2, 0) is 4.74 Å². The van der Waals surface area contributed by atoms with Gasteiger partial charge < -0.3 is 4.74 Å². The molecule has 0 spiro atoms. The molecule has 0 N–H and O–H groups in total. The lowest BCUT2D eigenvalue weighted by Crippen LogP contribution is -2.07. The first kappa shape index (κ1) is 11.8.